The van der Waals surface area contributed by atoms with Gasteiger partial charge in [-0.2, -0.15) is 0 Å². The van der Waals surface area contributed by atoms with Crippen LogP contribution in [-0.4, -0.2) is 29.9 Å². The van der Waals surface area contributed by atoms with Gasteiger partial charge in [-0.1, -0.05) is 401 Å². The van der Waals surface area contributed by atoms with Crippen molar-refractivity contribution in [3.05, 3.63) is 434 Å². The van der Waals surface area contributed by atoms with Crippen molar-refractivity contribution in [3.8, 4) is 201 Å². The van der Waals surface area contributed by atoms with Crippen LogP contribution in [0, 0.1) is 41.4 Å². The Labute approximate surface area is 861 Å². The second-order valence-electron chi connectivity index (χ2n) is 42.9. The van der Waals surface area contributed by atoms with Gasteiger partial charge in [-0.3, -0.25) is 19.9 Å². The molecule has 0 amide bonds. The Hall–Kier alpha value is -15.2. The maximum Gasteiger partial charge on any atom is 0.116 e. The Balaban J connectivity index is 0.659. The summed E-state index contributed by atoms with van der Waals surface area (Å²) in [6, 6.07) is 134. The average Bonchev–Trinajstić information content (AvgIpc) is 0.729. The standard InChI is InChI=1S/C139H134N6/c1-16-31-107-79-136(143-84-117(107)69-92(8)9)108-34-30-35-109(73-108)139-131(96-32-18-17-19-33-96)77-116(78-132(139)130-45-29-28-40-125(130)101-54-60-104(61-55-101)135-82-112(68-91(6)7)120(87-142-135)72-95(14)15)129-44-27-23-39-124(129)100-52-64-106(65-53-100)138-83-137(144-88-145-138)105-62-50-99(51-63-105)123-38-22-26-43-128(123)115-75-113(126-41-24-20-36-121(126)97-46-56-102(57-47-97)133-80-110(66-89(2)3)118(85-140-133)70-93(10)11)74-114(76-115)127-42-25-21-37-122(127)98-48-58-103(59-49-98)134-81-111(67-90(4)5)119(86-141-134)71-94(12)13/h17-30,32-65,73-95H,16,31,66-72H2,1-15H3. The third-order valence-corrected chi connectivity index (χ3v) is 28.1. The highest BCUT2D eigenvalue weighted by atomic mass is 14.8. The first-order chi connectivity index (χ1) is 70.5. The van der Waals surface area contributed by atoms with E-state index in [1.165, 1.54) is 44.5 Å². The van der Waals surface area contributed by atoms with Gasteiger partial charge in [0.05, 0.1) is 34.2 Å². The lowest BCUT2D eigenvalue weighted by Gasteiger charge is -2.22. The zero-order valence-corrected chi connectivity index (χ0v) is 87.0. The molecule has 5 aromatic heterocycles. The van der Waals surface area contributed by atoms with Crippen LogP contribution in [0.5, 0.6) is 0 Å². The first kappa shape index (κ1) is 98.5. The van der Waals surface area contributed by atoms with Crippen LogP contribution in [0.15, 0.2) is 389 Å². The number of rotatable bonds is 34. The fraction of sp³-hybridized carbons (Fsp3) is 0.223. The van der Waals surface area contributed by atoms with Crippen LogP contribution in [0.2, 0.25) is 0 Å². The minimum atomic E-state index is 0.528. The molecule has 720 valence electrons. The molecule has 145 heavy (non-hydrogen) atoms. The Bertz CT molecular complexity index is 7600. The minimum Gasteiger partial charge on any atom is -0.256 e. The van der Waals surface area contributed by atoms with Crippen molar-refractivity contribution in [1.29, 1.82) is 0 Å². The summed E-state index contributed by atoms with van der Waals surface area (Å²) in [6.07, 6.45) is 19.5. The van der Waals surface area contributed by atoms with Crippen molar-refractivity contribution in [2.24, 2.45) is 41.4 Å². The van der Waals surface area contributed by atoms with Gasteiger partial charge in [0.15, 0.2) is 0 Å². The summed E-state index contributed by atoms with van der Waals surface area (Å²) in [7, 11) is 0. The molecule has 0 fully saturated rings. The molecule has 6 heteroatoms. The molecule has 0 aliphatic heterocycles. The van der Waals surface area contributed by atoms with Gasteiger partial charge in [0.2, 0.25) is 0 Å². The predicted octanol–water partition coefficient (Wildman–Crippen LogP) is 37.4. The van der Waals surface area contributed by atoms with Crippen molar-refractivity contribution < 1.29 is 0 Å². The molecule has 0 spiro atoms. The van der Waals surface area contributed by atoms with Crippen LogP contribution in [0.25, 0.3) is 201 Å². The molecule has 0 atom stereocenters. The summed E-state index contributed by atoms with van der Waals surface area (Å²) in [5, 5.41) is 0. The van der Waals surface area contributed by atoms with Gasteiger partial charge in [0.25, 0.3) is 0 Å². The van der Waals surface area contributed by atoms with E-state index in [4.69, 9.17) is 29.9 Å². The Kier molecular flexibility index (Phi) is 30.4. The van der Waals surface area contributed by atoms with Crippen LogP contribution in [0.3, 0.4) is 0 Å². The van der Waals surface area contributed by atoms with E-state index in [-0.39, 0.29) is 0 Å². The largest absolute Gasteiger partial charge is 0.256 e. The molecule has 0 saturated heterocycles. The Morgan fingerprint density at radius 3 is 0.697 bits per heavy atom. The highest BCUT2D eigenvalue weighted by Crippen LogP contribution is 2.50. The fourth-order valence-electron chi connectivity index (χ4n) is 21.4. The van der Waals surface area contributed by atoms with E-state index in [1.807, 2.05) is 0 Å². The number of aromatic nitrogens is 6. The number of benzene rings is 14. The third-order valence-electron chi connectivity index (χ3n) is 28.1. The molecule has 5 heterocycles. The van der Waals surface area contributed by atoms with E-state index in [9.17, 15) is 0 Å². The molecule has 0 radical (unpaired) electrons. The number of hydrogen-bond acceptors (Lipinski definition) is 6. The Morgan fingerprint density at radius 1 is 0.159 bits per heavy atom. The molecule has 0 bridgehead atoms. The van der Waals surface area contributed by atoms with E-state index in [1.54, 1.807) is 6.33 Å². The minimum absolute atomic E-state index is 0.528. The van der Waals surface area contributed by atoms with E-state index in [0.717, 1.165) is 259 Å². The van der Waals surface area contributed by atoms with Gasteiger partial charge in [-0.25, -0.2) is 9.97 Å². The fourth-order valence-corrected chi connectivity index (χ4v) is 21.4. The van der Waals surface area contributed by atoms with Crippen LogP contribution in [0.4, 0.5) is 0 Å². The average molecular weight is 1890 g/mol. The van der Waals surface area contributed by atoms with E-state index < -0.39 is 0 Å². The summed E-state index contributed by atoms with van der Waals surface area (Å²) in [6.45, 7) is 34.5. The van der Waals surface area contributed by atoms with Crippen LogP contribution >= 0.6 is 0 Å². The molecule has 14 aromatic carbocycles. The third kappa shape index (κ3) is 22.9. The molecule has 0 unspecified atom stereocenters. The molecule has 6 nitrogen and oxygen atoms in total. The monoisotopic (exact) mass is 1890 g/mol. The zero-order chi connectivity index (χ0) is 100. The summed E-state index contributed by atoms with van der Waals surface area (Å²) in [5.41, 5.74) is 50.3. The van der Waals surface area contributed by atoms with Crippen molar-refractivity contribution in [3.63, 3.8) is 0 Å². The summed E-state index contributed by atoms with van der Waals surface area (Å²) < 4.78 is 0. The quantitative estimate of drug-likeness (QED) is 0.0400. The van der Waals surface area contributed by atoms with Crippen molar-refractivity contribution in [2.45, 2.75) is 162 Å². The molecule has 0 saturated carbocycles. The van der Waals surface area contributed by atoms with Crippen LogP contribution < -0.4 is 0 Å². The van der Waals surface area contributed by atoms with Gasteiger partial charge >= 0.3 is 0 Å². The van der Waals surface area contributed by atoms with Crippen molar-refractivity contribution in [1.82, 2.24) is 29.9 Å². The van der Waals surface area contributed by atoms with Gasteiger partial charge in [-0.15, -0.1) is 0 Å². The van der Waals surface area contributed by atoms with Crippen LogP contribution in [0.1, 0.15) is 155 Å². The number of aryl methyl sites for hydroxylation is 1. The molecule has 19 aromatic rings. The maximum atomic E-state index is 5.25. The SMILES string of the molecule is CCCc1cc(-c2cccc(-c3c(-c4ccccc4)cc(-c4ccccc4-c4ccc(-c5cc(-c6ccc(-c7ccccc7-c7cc(-c8ccccc8-c8ccc(-c9cc(CC(C)C)c(CC(C)C)cn9)cc8)cc(-c8ccccc8-c8ccc(-c9cc(CC(C)C)c(CC(C)C)cn9)cc8)c7)cc6)ncn5)cc4)cc3-c3ccccc3-c3ccc(-c4cc(CC(C)C)c(CC(C)C)cn4)cc3)c2)ncc1CC(C)C. The van der Waals surface area contributed by atoms with Gasteiger partial charge in [-0.05, 0) is 338 Å². The number of hydrogen-bond donors (Lipinski definition) is 0. The van der Waals surface area contributed by atoms with Gasteiger partial charge in [0, 0.05) is 58.2 Å². The van der Waals surface area contributed by atoms with Crippen molar-refractivity contribution >= 4 is 0 Å². The van der Waals surface area contributed by atoms with Crippen LogP contribution in [-0.2, 0) is 51.4 Å². The number of pyridine rings is 4. The first-order valence-electron chi connectivity index (χ1n) is 52.8. The van der Waals surface area contributed by atoms with E-state index >= 15 is 0 Å². The topological polar surface area (TPSA) is 77.3 Å². The smallest absolute Gasteiger partial charge is 0.116 e. The first-order valence-corrected chi connectivity index (χ1v) is 52.8. The molecule has 0 aliphatic rings. The highest BCUT2D eigenvalue weighted by molar-refractivity contribution is 6.03. The second kappa shape index (κ2) is 44.7. The normalized spacial score (nSPS) is 11.7. The lowest BCUT2D eigenvalue weighted by molar-refractivity contribution is 0.614. The predicted molar refractivity (Wildman–Crippen MR) is 615 cm³/mol. The second-order valence-corrected chi connectivity index (χ2v) is 42.9. The number of nitrogens with zero attached hydrogens (tertiary/aromatic N) is 6. The van der Waals surface area contributed by atoms with E-state index in [2.05, 4.69) is 487 Å². The van der Waals surface area contributed by atoms with Gasteiger partial charge in [0.1, 0.15) is 6.33 Å². The summed E-state index contributed by atoms with van der Waals surface area (Å²) in [4.78, 5) is 30.6. The molecule has 0 N–H and O–H groups in total. The summed E-state index contributed by atoms with van der Waals surface area (Å²) in [5.74, 6) is 3.78. The lowest BCUT2D eigenvalue weighted by Crippen LogP contribution is -2.04. The molecule has 0 aliphatic carbocycles. The molecule has 19 rings (SSSR count). The van der Waals surface area contributed by atoms with Crippen molar-refractivity contribution in [2.75, 3.05) is 0 Å². The zero-order valence-electron chi connectivity index (χ0n) is 87.0. The summed E-state index contributed by atoms with van der Waals surface area (Å²) >= 11 is 0. The van der Waals surface area contributed by atoms with E-state index in [0.29, 0.717) is 41.4 Å². The maximum absolute atomic E-state index is 5.25. The Morgan fingerprint density at radius 2 is 0.379 bits per heavy atom. The lowest BCUT2D eigenvalue weighted by atomic mass is 9.81. The molecular formula is C139H134N6. The molecular weight excluding hydrogens is 1750 g/mol. The van der Waals surface area contributed by atoms with Gasteiger partial charge < -0.3 is 0 Å². The highest BCUT2D eigenvalue weighted by Gasteiger charge is 2.26.